The van der Waals surface area contributed by atoms with Gasteiger partial charge in [0, 0.05) is 19.5 Å². The van der Waals surface area contributed by atoms with Gasteiger partial charge < -0.3 is 35.5 Å². The zero-order valence-corrected chi connectivity index (χ0v) is 20.2. The SMILES string of the molecule is COc1cc(NC(C)=O)c(Cl)cc1C(=O)NC(C)C(=O)N1CCCC1C(=O)NC(C=O)CC(=O)O. The Kier molecular flexibility index (Phi) is 9.58. The number of rotatable bonds is 10. The number of nitrogens with zero attached hydrogens (tertiary/aromatic N) is 1. The predicted molar refractivity (Wildman–Crippen MR) is 124 cm³/mol. The standard InChI is InChI=1S/C22H27ClN4O8/c1-11(24-20(32)14-8-15(23)16(25-12(2)29)9-18(14)35-3)22(34)27-6-4-5-17(27)21(33)26-13(10-28)7-19(30)31/h8-11,13,17H,4-7H2,1-3H3,(H,24,32)(H,25,29)(H,26,33)(H,30,31). The minimum atomic E-state index is -1.25. The molecule has 0 aromatic heterocycles. The van der Waals surface area contributed by atoms with E-state index in [4.69, 9.17) is 21.4 Å². The number of amides is 4. The highest BCUT2D eigenvalue weighted by Gasteiger charge is 2.37. The second kappa shape index (κ2) is 12.2. The Labute approximate surface area is 206 Å². The van der Waals surface area contributed by atoms with Crippen LogP contribution in [0, 0.1) is 0 Å². The number of methoxy groups -OCH3 is 1. The Hall–Kier alpha value is -3.67. The van der Waals surface area contributed by atoms with Gasteiger partial charge in [-0.2, -0.15) is 0 Å². The number of nitrogens with one attached hydrogen (secondary N) is 3. The average molecular weight is 511 g/mol. The molecule has 1 aromatic carbocycles. The highest BCUT2D eigenvalue weighted by atomic mass is 35.5. The lowest BCUT2D eigenvalue weighted by atomic mass is 10.1. The van der Waals surface area contributed by atoms with Gasteiger partial charge in [0.1, 0.15) is 24.1 Å². The number of carboxylic acid groups (broad SMARTS) is 1. The molecular weight excluding hydrogens is 484 g/mol. The van der Waals surface area contributed by atoms with Crippen LogP contribution in [0.1, 0.15) is 43.5 Å². The van der Waals surface area contributed by atoms with Gasteiger partial charge in [0.2, 0.25) is 17.7 Å². The quantitative estimate of drug-likeness (QED) is 0.331. The number of likely N-dealkylation sites (tertiary alicyclic amines) is 1. The summed E-state index contributed by atoms with van der Waals surface area (Å²) in [5.74, 6) is -3.34. The van der Waals surface area contributed by atoms with Crippen molar-refractivity contribution in [3.05, 3.63) is 22.7 Å². The molecule has 0 radical (unpaired) electrons. The topological polar surface area (TPSA) is 171 Å². The van der Waals surface area contributed by atoms with Crippen molar-refractivity contribution in [2.45, 2.75) is 51.2 Å². The molecule has 190 valence electrons. The van der Waals surface area contributed by atoms with Crippen molar-refractivity contribution in [2.75, 3.05) is 19.0 Å². The molecule has 0 spiro atoms. The summed E-state index contributed by atoms with van der Waals surface area (Å²) in [4.78, 5) is 73.0. The summed E-state index contributed by atoms with van der Waals surface area (Å²) in [7, 11) is 1.33. The minimum absolute atomic E-state index is 0.0319. The van der Waals surface area contributed by atoms with E-state index in [9.17, 15) is 28.8 Å². The van der Waals surface area contributed by atoms with Crippen LogP contribution in [0.25, 0.3) is 0 Å². The van der Waals surface area contributed by atoms with Gasteiger partial charge in [-0.1, -0.05) is 11.6 Å². The summed E-state index contributed by atoms with van der Waals surface area (Å²) in [6, 6.07) is -0.472. The molecule has 1 aromatic rings. The lowest BCUT2D eigenvalue weighted by molar-refractivity contribution is -0.141. The van der Waals surface area contributed by atoms with Crippen molar-refractivity contribution in [1.82, 2.24) is 15.5 Å². The second-order valence-corrected chi connectivity index (χ2v) is 8.35. The van der Waals surface area contributed by atoms with E-state index in [0.29, 0.717) is 19.1 Å². The number of carbonyl (C=O) groups excluding carboxylic acids is 5. The monoisotopic (exact) mass is 510 g/mol. The molecule has 1 aliphatic rings. The van der Waals surface area contributed by atoms with Gasteiger partial charge in [0.25, 0.3) is 5.91 Å². The summed E-state index contributed by atoms with van der Waals surface area (Å²) < 4.78 is 5.22. The number of aldehydes is 1. The maximum absolute atomic E-state index is 13.0. The Bertz CT molecular complexity index is 1030. The zero-order chi connectivity index (χ0) is 26.3. The number of aliphatic carboxylic acids is 1. The van der Waals surface area contributed by atoms with Crippen LogP contribution in [0.5, 0.6) is 5.75 Å². The minimum Gasteiger partial charge on any atom is -0.496 e. The molecule has 1 aliphatic heterocycles. The molecule has 0 bridgehead atoms. The van der Waals surface area contributed by atoms with E-state index in [-0.39, 0.29) is 34.5 Å². The third-order valence-electron chi connectivity index (χ3n) is 5.29. The summed E-state index contributed by atoms with van der Waals surface area (Å²) in [6.45, 7) is 3.00. The van der Waals surface area contributed by atoms with Gasteiger partial charge in [0.15, 0.2) is 0 Å². The maximum atomic E-state index is 13.0. The van der Waals surface area contributed by atoms with Crippen molar-refractivity contribution >= 4 is 53.2 Å². The first kappa shape index (κ1) is 27.6. The molecular formula is C22H27ClN4O8. The van der Waals surface area contributed by atoms with E-state index < -0.39 is 48.2 Å². The van der Waals surface area contributed by atoms with Gasteiger partial charge >= 0.3 is 5.97 Å². The van der Waals surface area contributed by atoms with Crippen LogP contribution < -0.4 is 20.7 Å². The van der Waals surface area contributed by atoms with Crippen LogP contribution in [0.2, 0.25) is 5.02 Å². The largest absolute Gasteiger partial charge is 0.496 e. The Morgan fingerprint density at radius 3 is 2.51 bits per heavy atom. The van der Waals surface area contributed by atoms with Crippen LogP contribution in [0.3, 0.4) is 0 Å². The number of hydrogen-bond donors (Lipinski definition) is 4. The van der Waals surface area contributed by atoms with Crippen LogP contribution in [0.15, 0.2) is 12.1 Å². The summed E-state index contributed by atoms with van der Waals surface area (Å²) in [5.41, 5.74) is 0.281. The number of halogens is 1. The van der Waals surface area contributed by atoms with E-state index in [0.717, 1.165) is 0 Å². The predicted octanol–water partition coefficient (Wildman–Crippen LogP) is 0.575. The number of ether oxygens (including phenoxy) is 1. The van der Waals surface area contributed by atoms with Crippen LogP contribution in [-0.2, 0) is 24.0 Å². The van der Waals surface area contributed by atoms with Crippen LogP contribution >= 0.6 is 11.6 Å². The second-order valence-electron chi connectivity index (χ2n) is 7.95. The van der Waals surface area contributed by atoms with Crippen molar-refractivity contribution in [3.63, 3.8) is 0 Å². The van der Waals surface area contributed by atoms with Crippen molar-refractivity contribution in [3.8, 4) is 5.75 Å². The maximum Gasteiger partial charge on any atom is 0.305 e. The number of hydrogen-bond acceptors (Lipinski definition) is 7. The smallest absolute Gasteiger partial charge is 0.305 e. The van der Waals surface area contributed by atoms with Gasteiger partial charge in [-0.15, -0.1) is 0 Å². The van der Waals surface area contributed by atoms with Crippen LogP contribution in [-0.4, -0.2) is 77.7 Å². The highest BCUT2D eigenvalue weighted by molar-refractivity contribution is 6.34. The number of carbonyl (C=O) groups is 6. The molecule has 3 atom stereocenters. The molecule has 35 heavy (non-hydrogen) atoms. The Morgan fingerprint density at radius 1 is 1.26 bits per heavy atom. The number of benzene rings is 1. The fraction of sp³-hybridized carbons (Fsp3) is 0.455. The van der Waals surface area contributed by atoms with E-state index in [2.05, 4.69) is 16.0 Å². The molecule has 0 aliphatic carbocycles. The molecule has 1 saturated heterocycles. The van der Waals surface area contributed by atoms with Gasteiger partial charge in [-0.3, -0.25) is 24.0 Å². The van der Waals surface area contributed by atoms with Gasteiger partial charge in [-0.05, 0) is 25.8 Å². The molecule has 13 heteroatoms. The lowest BCUT2D eigenvalue weighted by Crippen LogP contribution is -2.54. The highest BCUT2D eigenvalue weighted by Crippen LogP contribution is 2.31. The van der Waals surface area contributed by atoms with Crippen molar-refractivity contribution in [1.29, 1.82) is 0 Å². The third kappa shape index (κ3) is 7.15. The lowest BCUT2D eigenvalue weighted by Gasteiger charge is -2.28. The zero-order valence-electron chi connectivity index (χ0n) is 19.4. The van der Waals surface area contributed by atoms with Gasteiger partial charge in [-0.25, -0.2) is 0 Å². The number of carboxylic acids is 1. The molecule has 0 saturated carbocycles. The normalized spacial score (nSPS) is 16.6. The fourth-order valence-electron chi connectivity index (χ4n) is 3.67. The summed E-state index contributed by atoms with van der Waals surface area (Å²) in [5, 5.41) is 16.3. The third-order valence-corrected chi connectivity index (χ3v) is 5.60. The molecule has 3 unspecified atom stereocenters. The van der Waals surface area contributed by atoms with E-state index in [1.54, 1.807) is 0 Å². The first-order valence-corrected chi connectivity index (χ1v) is 11.1. The van der Waals surface area contributed by atoms with Crippen molar-refractivity contribution < 1.29 is 38.6 Å². The Morgan fingerprint density at radius 2 is 1.94 bits per heavy atom. The summed E-state index contributed by atoms with van der Waals surface area (Å²) >= 11 is 6.16. The van der Waals surface area contributed by atoms with Gasteiger partial charge in [0.05, 0.1) is 35.8 Å². The summed E-state index contributed by atoms with van der Waals surface area (Å²) in [6.07, 6.45) is 0.591. The Balaban J connectivity index is 2.12. The first-order valence-electron chi connectivity index (χ1n) is 10.7. The molecule has 1 fully saturated rings. The fourth-order valence-corrected chi connectivity index (χ4v) is 3.88. The molecule has 4 N–H and O–H groups in total. The number of anilines is 1. The molecule has 12 nitrogen and oxygen atoms in total. The molecule has 2 rings (SSSR count). The molecule has 4 amide bonds. The van der Waals surface area contributed by atoms with Crippen molar-refractivity contribution in [2.24, 2.45) is 0 Å². The van der Waals surface area contributed by atoms with E-state index in [1.807, 2.05) is 0 Å². The average Bonchev–Trinajstić information content (AvgIpc) is 3.28. The molecule has 1 heterocycles. The van der Waals surface area contributed by atoms with Crippen LogP contribution in [0.4, 0.5) is 5.69 Å². The first-order chi connectivity index (χ1) is 16.5. The van der Waals surface area contributed by atoms with E-state index >= 15 is 0 Å². The van der Waals surface area contributed by atoms with E-state index in [1.165, 1.54) is 38.0 Å².